The van der Waals surface area contributed by atoms with Crippen molar-refractivity contribution in [3.05, 3.63) is 27.5 Å². The van der Waals surface area contributed by atoms with Crippen LogP contribution in [0.25, 0.3) is 0 Å². The van der Waals surface area contributed by atoms with Gasteiger partial charge in [0.05, 0.1) is 15.9 Å². The first kappa shape index (κ1) is 14.8. The van der Waals surface area contributed by atoms with E-state index < -0.39 is 0 Å². The van der Waals surface area contributed by atoms with Gasteiger partial charge in [0.2, 0.25) is 0 Å². The summed E-state index contributed by atoms with van der Waals surface area (Å²) in [5.74, 6) is 0. The molecule has 1 saturated carbocycles. The maximum atomic E-state index is 4.54. The molecular formula is C15H24BrN3. The van der Waals surface area contributed by atoms with Gasteiger partial charge < -0.3 is 5.32 Å². The molecule has 0 spiro atoms. The second-order valence-corrected chi connectivity index (χ2v) is 6.20. The largest absolute Gasteiger partial charge is 0.314 e. The van der Waals surface area contributed by atoms with Gasteiger partial charge in [-0.1, -0.05) is 11.6 Å². The molecule has 0 bridgehead atoms. The number of aromatic nitrogens is 2. The number of nitrogens with zero attached hydrogens (tertiary/aromatic N) is 2. The van der Waals surface area contributed by atoms with Crippen LogP contribution < -0.4 is 5.32 Å². The molecule has 106 valence electrons. The van der Waals surface area contributed by atoms with Crippen molar-refractivity contribution in [2.75, 3.05) is 6.54 Å². The van der Waals surface area contributed by atoms with Gasteiger partial charge in [-0.25, -0.2) is 0 Å². The maximum absolute atomic E-state index is 4.54. The summed E-state index contributed by atoms with van der Waals surface area (Å²) in [4.78, 5) is 0. The molecule has 0 atom stereocenters. The molecule has 4 heteroatoms. The van der Waals surface area contributed by atoms with Crippen molar-refractivity contribution in [1.29, 1.82) is 0 Å². The van der Waals surface area contributed by atoms with Crippen LogP contribution in [0.5, 0.6) is 0 Å². The molecule has 1 heterocycles. The average molecular weight is 326 g/mol. The van der Waals surface area contributed by atoms with Gasteiger partial charge in [-0.2, -0.15) is 5.10 Å². The first-order valence-corrected chi connectivity index (χ1v) is 8.02. The van der Waals surface area contributed by atoms with E-state index in [4.69, 9.17) is 0 Å². The van der Waals surface area contributed by atoms with Gasteiger partial charge >= 0.3 is 0 Å². The Balaban J connectivity index is 1.89. The molecule has 1 aliphatic carbocycles. The van der Waals surface area contributed by atoms with Gasteiger partial charge in [-0.3, -0.25) is 4.68 Å². The predicted octanol–water partition coefficient (Wildman–Crippen LogP) is 3.60. The van der Waals surface area contributed by atoms with Crippen LogP contribution in [0.1, 0.15) is 44.5 Å². The predicted molar refractivity (Wildman–Crippen MR) is 83.4 cm³/mol. The van der Waals surface area contributed by atoms with Crippen molar-refractivity contribution in [2.45, 2.75) is 59.0 Å². The molecule has 1 N–H and O–H groups in total. The third-order valence-electron chi connectivity index (χ3n) is 3.55. The molecule has 1 aliphatic rings. The lowest BCUT2D eigenvalue weighted by Gasteiger charge is -2.06. The number of nitrogens with one attached hydrogen (secondary N) is 1. The summed E-state index contributed by atoms with van der Waals surface area (Å²) in [5, 5.41) is 8.08. The number of hydrogen-bond donors (Lipinski definition) is 1. The molecule has 0 unspecified atom stereocenters. The average Bonchev–Trinajstić information content (AvgIpc) is 3.17. The quantitative estimate of drug-likeness (QED) is 0.613. The van der Waals surface area contributed by atoms with E-state index in [2.05, 4.69) is 57.9 Å². The summed E-state index contributed by atoms with van der Waals surface area (Å²) in [6.45, 7) is 8.44. The number of allylic oxidation sites excluding steroid dienone is 1. The standard InChI is InChI=1S/C15H24BrN3/c1-4-19-14(15(16)12(3)18-19)10-11(2)6-5-9-17-13-7-8-13/h6,13,17H,4-5,7-10H2,1-3H3. The summed E-state index contributed by atoms with van der Waals surface area (Å²) in [7, 11) is 0. The van der Waals surface area contributed by atoms with Crippen LogP contribution in [0.4, 0.5) is 0 Å². The zero-order valence-electron chi connectivity index (χ0n) is 12.2. The number of rotatable bonds is 7. The van der Waals surface area contributed by atoms with Crippen molar-refractivity contribution in [2.24, 2.45) is 0 Å². The molecule has 1 aromatic rings. The van der Waals surface area contributed by atoms with E-state index in [0.29, 0.717) is 0 Å². The Kier molecular flexibility index (Phi) is 5.22. The highest BCUT2D eigenvalue weighted by Crippen LogP contribution is 2.23. The van der Waals surface area contributed by atoms with Gasteiger partial charge in [-0.05, 0) is 62.5 Å². The third-order valence-corrected chi connectivity index (χ3v) is 4.58. The molecule has 0 radical (unpaired) electrons. The van der Waals surface area contributed by atoms with Gasteiger partial charge in [0.25, 0.3) is 0 Å². The van der Waals surface area contributed by atoms with Crippen LogP contribution in [0, 0.1) is 6.92 Å². The summed E-state index contributed by atoms with van der Waals surface area (Å²) in [5.41, 5.74) is 3.80. The van der Waals surface area contributed by atoms with Crippen LogP contribution in [0.3, 0.4) is 0 Å². The fraction of sp³-hybridized carbons (Fsp3) is 0.667. The Morgan fingerprint density at radius 1 is 1.53 bits per heavy atom. The normalized spacial score (nSPS) is 16.1. The van der Waals surface area contributed by atoms with E-state index in [1.165, 1.54) is 28.6 Å². The molecule has 1 fully saturated rings. The molecule has 19 heavy (non-hydrogen) atoms. The number of halogens is 1. The third kappa shape index (κ3) is 4.18. The summed E-state index contributed by atoms with van der Waals surface area (Å²) >= 11 is 3.66. The maximum Gasteiger partial charge on any atom is 0.0738 e. The summed E-state index contributed by atoms with van der Waals surface area (Å²) < 4.78 is 3.26. The van der Waals surface area contributed by atoms with Crippen molar-refractivity contribution < 1.29 is 0 Å². The van der Waals surface area contributed by atoms with E-state index in [9.17, 15) is 0 Å². The van der Waals surface area contributed by atoms with E-state index in [0.717, 1.165) is 37.7 Å². The minimum absolute atomic E-state index is 0.812. The fourth-order valence-electron chi connectivity index (χ4n) is 2.27. The van der Waals surface area contributed by atoms with Crippen molar-refractivity contribution in [3.63, 3.8) is 0 Å². The first-order valence-electron chi connectivity index (χ1n) is 7.22. The van der Waals surface area contributed by atoms with E-state index >= 15 is 0 Å². The minimum atomic E-state index is 0.812. The molecule has 0 amide bonds. The monoisotopic (exact) mass is 325 g/mol. The molecular weight excluding hydrogens is 302 g/mol. The highest BCUT2D eigenvalue weighted by atomic mass is 79.9. The minimum Gasteiger partial charge on any atom is -0.314 e. The lowest BCUT2D eigenvalue weighted by Crippen LogP contribution is -2.16. The van der Waals surface area contributed by atoms with Crippen LogP contribution in [-0.4, -0.2) is 22.4 Å². The van der Waals surface area contributed by atoms with Gasteiger partial charge in [0.15, 0.2) is 0 Å². The second-order valence-electron chi connectivity index (χ2n) is 5.41. The topological polar surface area (TPSA) is 29.9 Å². The highest BCUT2D eigenvalue weighted by molar-refractivity contribution is 9.10. The van der Waals surface area contributed by atoms with Crippen molar-refractivity contribution in [1.82, 2.24) is 15.1 Å². The van der Waals surface area contributed by atoms with E-state index in [1.54, 1.807) is 0 Å². The zero-order valence-corrected chi connectivity index (χ0v) is 13.8. The lowest BCUT2D eigenvalue weighted by molar-refractivity contribution is 0.622. The number of hydrogen-bond acceptors (Lipinski definition) is 2. The van der Waals surface area contributed by atoms with Crippen LogP contribution in [-0.2, 0) is 13.0 Å². The van der Waals surface area contributed by atoms with Crippen molar-refractivity contribution >= 4 is 15.9 Å². The second kappa shape index (κ2) is 6.71. The molecule has 3 nitrogen and oxygen atoms in total. The molecule has 0 saturated heterocycles. The Bertz CT molecular complexity index is 458. The van der Waals surface area contributed by atoms with Crippen LogP contribution in [0.15, 0.2) is 16.1 Å². The van der Waals surface area contributed by atoms with Crippen molar-refractivity contribution in [3.8, 4) is 0 Å². The summed E-state index contributed by atoms with van der Waals surface area (Å²) in [6.07, 6.45) is 7.19. The Morgan fingerprint density at radius 3 is 2.89 bits per heavy atom. The van der Waals surface area contributed by atoms with E-state index in [-0.39, 0.29) is 0 Å². The lowest BCUT2D eigenvalue weighted by atomic mass is 10.1. The highest BCUT2D eigenvalue weighted by Gasteiger charge is 2.19. The van der Waals surface area contributed by atoms with Gasteiger partial charge in [0, 0.05) is 19.0 Å². The molecule has 0 aromatic carbocycles. The zero-order chi connectivity index (χ0) is 13.8. The van der Waals surface area contributed by atoms with E-state index in [1.807, 2.05) is 0 Å². The molecule has 0 aliphatic heterocycles. The summed E-state index contributed by atoms with van der Waals surface area (Å²) in [6, 6.07) is 0.812. The first-order chi connectivity index (χ1) is 9.11. The Morgan fingerprint density at radius 2 is 2.26 bits per heavy atom. The van der Waals surface area contributed by atoms with Crippen LogP contribution in [0.2, 0.25) is 0 Å². The Labute approximate surface area is 124 Å². The SMILES string of the molecule is CCn1nc(C)c(Br)c1CC(C)=CCCNC1CC1. The number of aryl methyl sites for hydroxylation is 2. The van der Waals surface area contributed by atoms with Gasteiger partial charge in [-0.15, -0.1) is 0 Å². The molecule has 2 rings (SSSR count). The fourth-order valence-corrected chi connectivity index (χ4v) is 2.69. The molecule has 1 aromatic heterocycles. The van der Waals surface area contributed by atoms with Gasteiger partial charge in [0.1, 0.15) is 0 Å². The van der Waals surface area contributed by atoms with Crippen LogP contribution >= 0.6 is 15.9 Å². The Hall–Kier alpha value is -0.610. The smallest absolute Gasteiger partial charge is 0.0738 e.